The Balaban J connectivity index is 2.76. The fourth-order valence-corrected chi connectivity index (χ4v) is 2.06. The maximum Gasteiger partial charge on any atom is 0.259 e. The van der Waals surface area contributed by atoms with Crippen molar-refractivity contribution in [1.29, 1.82) is 0 Å². The molecule has 86 valence electrons. The highest BCUT2D eigenvalue weighted by atomic mass is 32.2. The Labute approximate surface area is 92.1 Å². The summed E-state index contributed by atoms with van der Waals surface area (Å²) in [5, 5.41) is 3.89. The zero-order chi connectivity index (χ0) is 11.8. The Kier molecular flexibility index (Phi) is 2.52. The molecule has 0 aliphatic heterocycles. The van der Waals surface area contributed by atoms with E-state index in [0.29, 0.717) is 11.4 Å². The van der Waals surface area contributed by atoms with Crippen LogP contribution in [0.2, 0.25) is 0 Å². The predicted molar refractivity (Wildman–Crippen MR) is 55.8 cm³/mol. The summed E-state index contributed by atoms with van der Waals surface area (Å²) in [4.78, 5) is 3.96. The van der Waals surface area contributed by atoms with Crippen LogP contribution in [0.25, 0.3) is 5.65 Å². The molecule has 0 saturated heterocycles. The third-order valence-corrected chi connectivity index (χ3v) is 3.47. The van der Waals surface area contributed by atoms with Crippen molar-refractivity contribution in [3.8, 4) is 5.75 Å². The molecule has 2 heterocycles. The molecule has 0 saturated carbocycles. The van der Waals surface area contributed by atoms with Crippen molar-refractivity contribution in [1.82, 2.24) is 19.3 Å². The molecule has 1 N–H and O–H groups in total. The maximum absolute atomic E-state index is 11.6. The van der Waals surface area contributed by atoms with Gasteiger partial charge in [-0.05, 0) is 7.05 Å². The molecule has 0 spiro atoms. The summed E-state index contributed by atoms with van der Waals surface area (Å²) in [7, 11) is -0.763. The molecule has 0 radical (unpaired) electrons. The van der Waals surface area contributed by atoms with Crippen LogP contribution in [0.5, 0.6) is 5.75 Å². The zero-order valence-corrected chi connectivity index (χ0v) is 9.52. The Morgan fingerprint density at radius 3 is 2.88 bits per heavy atom. The average Bonchev–Trinajstić information content (AvgIpc) is 2.73. The summed E-state index contributed by atoms with van der Waals surface area (Å²) >= 11 is 0. The van der Waals surface area contributed by atoms with Gasteiger partial charge in [-0.15, -0.1) is 0 Å². The van der Waals surface area contributed by atoms with Gasteiger partial charge in [0.25, 0.3) is 10.0 Å². The molecule has 0 fully saturated rings. The third kappa shape index (κ3) is 1.51. The van der Waals surface area contributed by atoms with Crippen LogP contribution >= 0.6 is 0 Å². The first-order valence-corrected chi connectivity index (χ1v) is 5.89. The van der Waals surface area contributed by atoms with Gasteiger partial charge in [-0.2, -0.15) is 9.61 Å². The van der Waals surface area contributed by atoms with Crippen molar-refractivity contribution >= 4 is 15.7 Å². The summed E-state index contributed by atoms with van der Waals surface area (Å²) in [6.45, 7) is 0. The standard InChI is InChI=1S/C8H10N4O3S/c1-9-16(13,14)7-5-10-8-6(15-2)3-4-11-12(7)8/h3-5,9H,1-2H3. The van der Waals surface area contributed by atoms with E-state index in [9.17, 15) is 8.42 Å². The molecule has 7 nitrogen and oxygen atoms in total. The minimum atomic E-state index is -3.57. The number of rotatable bonds is 3. The third-order valence-electron chi connectivity index (χ3n) is 2.10. The highest BCUT2D eigenvalue weighted by Crippen LogP contribution is 2.19. The first kappa shape index (κ1) is 10.8. The van der Waals surface area contributed by atoms with E-state index in [4.69, 9.17) is 4.74 Å². The SMILES string of the molecule is CNS(=O)(=O)c1cnc2c(OC)ccnn12. The van der Waals surface area contributed by atoms with Crippen LogP contribution in [0.3, 0.4) is 0 Å². The Morgan fingerprint density at radius 1 is 1.50 bits per heavy atom. The molecule has 2 aromatic heterocycles. The summed E-state index contributed by atoms with van der Waals surface area (Å²) in [6.07, 6.45) is 2.68. The molecule has 0 aromatic carbocycles. The number of nitrogens with zero attached hydrogens (tertiary/aromatic N) is 3. The van der Waals surface area contributed by atoms with E-state index in [1.165, 1.54) is 31.1 Å². The molecular formula is C8H10N4O3S. The van der Waals surface area contributed by atoms with Crippen molar-refractivity contribution in [2.24, 2.45) is 0 Å². The smallest absolute Gasteiger partial charge is 0.259 e. The lowest BCUT2D eigenvalue weighted by molar-refractivity contribution is 0.415. The molecule has 0 atom stereocenters. The lowest BCUT2D eigenvalue weighted by Gasteiger charge is -2.03. The number of fused-ring (bicyclic) bond motifs is 1. The molecule has 2 aromatic rings. The highest BCUT2D eigenvalue weighted by Gasteiger charge is 2.19. The van der Waals surface area contributed by atoms with Gasteiger partial charge in [0.2, 0.25) is 0 Å². The van der Waals surface area contributed by atoms with Crippen molar-refractivity contribution in [2.75, 3.05) is 14.2 Å². The van der Waals surface area contributed by atoms with E-state index in [1.54, 1.807) is 6.07 Å². The van der Waals surface area contributed by atoms with Gasteiger partial charge >= 0.3 is 0 Å². The predicted octanol–water partition coefficient (Wildman–Crippen LogP) is -0.354. The van der Waals surface area contributed by atoms with Crippen LogP contribution in [0.4, 0.5) is 0 Å². The number of nitrogens with one attached hydrogen (secondary N) is 1. The second-order valence-corrected chi connectivity index (χ2v) is 4.77. The van der Waals surface area contributed by atoms with Crippen LogP contribution in [0, 0.1) is 0 Å². The van der Waals surface area contributed by atoms with E-state index in [1.807, 2.05) is 0 Å². The maximum atomic E-state index is 11.6. The normalized spacial score (nSPS) is 11.9. The molecule has 0 aliphatic rings. The second kappa shape index (κ2) is 3.72. The molecule has 16 heavy (non-hydrogen) atoms. The first-order chi connectivity index (χ1) is 7.60. The second-order valence-electron chi connectivity index (χ2n) is 2.94. The van der Waals surface area contributed by atoms with Gasteiger partial charge in [0.15, 0.2) is 16.4 Å². The van der Waals surface area contributed by atoms with Gasteiger partial charge in [-0.25, -0.2) is 18.1 Å². The van der Waals surface area contributed by atoms with Crippen LogP contribution in [0.15, 0.2) is 23.5 Å². The van der Waals surface area contributed by atoms with Crippen molar-refractivity contribution in [2.45, 2.75) is 5.03 Å². The Hall–Kier alpha value is -1.67. The topological polar surface area (TPSA) is 85.6 Å². The van der Waals surface area contributed by atoms with Crippen LogP contribution < -0.4 is 9.46 Å². The van der Waals surface area contributed by atoms with Gasteiger partial charge in [0.1, 0.15) is 0 Å². The van der Waals surface area contributed by atoms with E-state index >= 15 is 0 Å². The minimum Gasteiger partial charge on any atom is -0.493 e. The molecule has 2 rings (SSSR count). The van der Waals surface area contributed by atoms with Crippen LogP contribution in [-0.2, 0) is 10.0 Å². The average molecular weight is 242 g/mol. The fraction of sp³-hybridized carbons (Fsp3) is 0.250. The zero-order valence-electron chi connectivity index (χ0n) is 8.71. The summed E-state index contributed by atoms with van der Waals surface area (Å²) in [5.74, 6) is 0.465. The molecule has 0 amide bonds. The van der Waals surface area contributed by atoms with E-state index in [2.05, 4.69) is 14.8 Å². The van der Waals surface area contributed by atoms with Crippen molar-refractivity contribution in [3.05, 3.63) is 18.5 Å². The van der Waals surface area contributed by atoms with E-state index in [-0.39, 0.29) is 5.03 Å². The molecular weight excluding hydrogens is 232 g/mol. The highest BCUT2D eigenvalue weighted by molar-refractivity contribution is 7.89. The Morgan fingerprint density at radius 2 is 2.25 bits per heavy atom. The first-order valence-electron chi connectivity index (χ1n) is 4.40. The van der Waals surface area contributed by atoms with Gasteiger partial charge < -0.3 is 4.74 Å². The largest absolute Gasteiger partial charge is 0.493 e. The van der Waals surface area contributed by atoms with E-state index in [0.717, 1.165) is 0 Å². The van der Waals surface area contributed by atoms with Crippen LogP contribution in [0.1, 0.15) is 0 Å². The van der Waals surface area contributed by atoms with Crippen LogP contribution in [-0.4, -0.2) is 37.2 Å². The van der Waals surface area contributed by atoms with Crippen molar-refractivity contribution in [3.63, 3.8) is 0 Å². The number of hydrogen-bond acceptors (Lipinski definition) is 5. The fourth-order valence-electron chi connectivity index (χ4n) is 1.30. The summed E-state index contributed by atoms with van der Waals surface area (Å²) in [5.41, 5.74) is 0.360. The number of ether oxygens (including phenoxy) is 1. The van der Waals surface area contributed by atoms with Gasteiger partial charge in [0.05, 0.1) is 19.5 Å². The number of hydrogen-bond donors (Lipinski definition) is 1. The number of sulfonamides is 1. The monoisotopic (exact) mass is 242 g/mol. The van der Waals surface area contributed by atoms with Gasteiger partial charge in [0, 0.05) is 6.07 Å². The minimum absolute atomic E-state index is 0.0242. The lowest BCUT2D eigenvalue weighted by Crippen LogP contribution is -2.20. The quantitative estimate of drug-likeness (QED) is 0.794. The number of imidazole rings is 1. The van der Waals surface area contributed by atoms with Crippen molar-refractivity contribution < 1.29 is 13.2 Å². The summed E-state index contributed by atoms with van der Waals surface area (Å²) < 4.78 is 31.7. The number of methoxy groups -OCH3 is 1. The lowest BCUT2D eigenvalue weighted by atomic mass is 10.5. The molecule has 0 aliphatic carbocycles. The summed E-state index contributed by atoms with van der Waals surface area (Å²) in [6, 6.07) is 1.61. The number of aromatic nitrogens is 3. The molecule has 0 unspecified atom stereocenters. The van der Waals surface area contributed by atoms with E-state index < -0.39 is 10.0 Å². The molecule has 8 heteroatoms. The molecule has 0 bridgehead atoms. The van der Waals surface area contributed by atoms with Gasteiger partial charge in [-0.1, -0.05) is 0 Å². The Bertz CT molecular complexity index is 619. The van der Waals surface area contributed by atoms with Gasteiger partial charge in [-0.3, -0.25) is 0 Å².